The molecule has 0 radical (unpaired) electrons. The molecule has 1 fully saturated rings. The van der Waals surface area contributed by atoms with E-state index < -0.39 is 18.6 Å². The molecule has 6 nitrogen and oxygen atoms in total. The largest absolute Gasteiger partial charge is 0.462 e. The topological polar surface area (TPSA) is 99.4 Å². The summed E-state index contributed by atoms with van der Waals surface area (Å²) in [5.74, 6) is 0.467. The van der Waals surface area contributed by atoms with Crippen molar-refractivity contribution in [3.63, 3.8) is 0 Å². The third-order valence-corrected chi connectivity index (χ3v) is 3.73. The maximum Gasteiger partial charge on any atom is 0.391 e. The maximum atomic E-state index is 12.2. The van der Waals surface area contributed by atoms with Crippen molar-refractivity contribution < 1.29 is 17.9 Å². The van der Waals surface area contributed by atoms with Crippen LogP contribution in [0.15, 0.2) is 11.2 Å². The number of aromatic nitrogens is 2. The number of aryl methyl sites for hydroxylation is 1. The van der Waals surface area contributed by atoms with Crippen LogP contribution in [-0.4, -0.2) is 34.3 Å². The Balaban J connectivity index is 1.83. The van der Waals surface area contributed by atoms with Crippen molar-refractivity contribution >= 4 is 12.0 Å². The first-order valence-corrected chi connectivity index (χ1v) is 7.29. The van der Waals surface area contributed by atoms with Crippen LogP contribution in [0.25, 0.3) is 0 Å². The number of nitrogens with two attached hydrogens (primary N) is 2. The number of hydrogen-bond acceptors (Lipinski definition) is 5. The summed E-state index contributed by atoms with van der Waals surface area (Å²) in [5, 5.41) is 0. The number of amidine groups is 1. The van der Waals surface area contributed by atoms with Crippen LogP contribution < -0.4 is 11.5 Å². The SMILES string of the molecule is Cc1nc(N)ncc1C1CC(OC(N)=N[C@@H](C)CC(F)(F)F)C1. The summed E-state index contributed by atoms with van der Waals surface area (Å²) in [5.41, 5.74) is 12.9. The number of anilines is 1. The van der Waals surface area contributed by atoms with Gasteiger partial charge >= 0.3 is 6.18 Å². The molecular weight excluding hydrogens is 311 g/mol. The Hall–Kier alpha value is -2.06. The molecule has 0 bridgehead atoms. The number of rotatable bonds is 4. The molecule has 1 atom stereocenters. The molecule has 4 N–H and O–H groups in total. The molecule has 0 spiro atoms. The van der Waals surface area contributed by atoms with E-state index in [4.69, 9.17) is 16.2 Å². The first-order chi connectivity index (χ1) is 10.6. The Kier molecular flexibility index (Phi) is 4.96. The fourth-order valence-electron chi connectivity index (χ4n) is 2.61. The van der Waals surface area contributed by atoms with Crippen molar-refractivity contribution in [2.24, 2.45) is 10.7 Å². The van der Waals surface area contributed by atoms with E-state index in [0.717, 1.165) is 11.3 Å². The first kappa shape index (κ1) is 17.3. The van der Waals surface area contributed by atoms with E-state index in [1.807, 2.05) is 6.92 Å². The Morgan fingerprint density at radius 3 is 2.70 bits per heavy atom. The highest BCUT2D eigenvalue weighted by atomic mass is 19.4. The van der Waals surface area contributed by atoms with Crippen LogP contribution in [0.2, 0.25) is 0 Å². The maximum absolute atomic E-state index is 12.2. The first-order valence-electron chi connectivity index (χ1n) is 7.29. The minimum absolute atomic E-state index is 0.154. The lowest BCUT2D eigenvalue weighted by Crippen LogP contribution is -2.35. The monoisotopic (exact) mass is 331 g/mol. The highest BCUT2D eigenvalue weighted by Crippen LogP contribution is 2.39. The van der Waals surface area contributed by atoms with Gasteiger partial charge < -0.3 is 16.2 Å². The van der Waals surface area contributed by atoms with Crippen molar-refractivity contribution in [3.8, 4) is 0 Å². The zero-order chi connectivity index (χ0) is 17.2. The average molecular weight is 331 g/mol. The molecule has 0 aromatic carbocycles. The highest BCUT2D eigenvalue weighted by molar-refractivity contribution is 5.71. The van der Waals surface area contributed by atoms with E-state index in [0.29, 0.717) is 12.8 Å². The zero-order valence-electron chi connectivity index (χ0n) is 13.0. The number of alkyl halides is 3. The second kappa shape index (κ2) is 6.59. The molecule has 0 saturated heterocycles. The number of halogens is 3. The molecule has 1 aliphatic carbocycles. The van der Waals surface area contributed by atoms with E-state index >= 15 is 0 Å². The minimum atomic E-state index is -4.27. The van der Waals surface area contributed by atoms with Crippen molar-refractivity contribution in [3.05, 3.63) is 17.5 Å². The number of nitrogen functional groups attached to an aromatic ring is 1. The van der Waals surface area contributed by atoms with Crippen LogP contribution in [0.4, 0.5) is 19.1 Å². The summed E-state index contributed by atoms with van der Waals surface area (Å²) in [6.07, 6.45) is -2.36. The zero-order valence-corrected chi connectivity index (χ0v) is 13.0. The molecule has 1 heterocycles. The van der Waals surface area contributed by atoms with E-state index in [9.17, 15) is 13.2 Å². The molecule has 9 heteroatoms. The van der Waals surface area contributed by atoms with Crippen LogP contribution in [0.5, 0.6) is 0 Å². The Morgan fingerprint density at radius 2 is 2.13 bits per heavy atom. The summed E-state index contributed by atoms with van der Waals surface area (Å²) in [6.45, 7) is 3.21. The van der Waals surface area contributed by atoms with E-state index in [-0.39, 0.29) is 24.0 Å². The molecule has 0 unspecified atom stereocenters. The summed E-state index contributed by atoms with van der Waals surface area (Å²) in [4.78, 5) is 11.8. The highest BCUT2D eigenvalue weighted by Gasteiger charge is 2.34. The van der Waals surface area contributed by atoms with Gasteiger partial charge in [0.05, 0.1) is 12.5 Å². The average Bonchev–Trinajstić information content (AvgIpc) is 2.31. The molecule has 0 aliphatic heterocycles. The third-order valence-electron chi connectivity index (χ3n) is 3.73. The summed E-state index contributed by atoms with van der Waals surface area (Å²) < 4.78 is 42.1. The van der Waals surface area contributed by atoms with Crippen molar-refractivity contribution in [2.45, 2.75) is 57.3 Å². The summed E-state index contributed by atoms with van der Waals surface area (Å²) >= 11 is 0. The van der Waals surface area contributed by atoms with E-state index in [2.05, 4.69) is 15.0 Å². The lowest BCUT2D eigenvalue weighted by molar-refractivity contribution is -0.137. The molecule has 2 rings (SSSR count). The number of ether oxygens (including phenoxy) is 1. The second-order valence-corrected chi connectivity index (χ2v) is 5.81. The second-order valence-electron chi connectivity index (χ2n) is 5.81. The van der Waals surface area contributed by atoms with Gasteiger partial charge in [0.1, 0.15) is 6.10 Å². The van der Waals surface area contributed by atoms with Gasteiger partial charge in [-0.3, -0.25) is 0 Å². The van der Waals surface area contributed by atoms with Crippen LogP contribution in [-0.2, 0) is 4.74 Å². The van der Waals surface area contributed by atoms with Crippen molar-refractivity contribution in [1.82, 2.24) is 9.97 Å². The fourth-order valence-corrected chi connectivity index (χ4v) is 2.61. The predicted molar refractivity (Wildman–Crippen MR) is 79.8 cm³/mol. The lowest BCUT2D eigenvalue weighted by atomic mass is 9.77. The smallest absolute Gasteiger partial charge is 0.391 e. The van der Waals surface area contributed by atoms with Crippen molar-refractivity contribution in [1.29, 1.82) is 0 Å². The molecule has 23 heavy (non-hydrogen) atoms. The Labute approximate surface area is 132 Å². The van der Waals surface area contributed by atoms with E-state index in [1.54, 1.807) is 6.20 Å². The third kappa shape index (κ3) is 4.97. The number of nitrogens with zero attached hydrogens (tertiary/aromatic N) is 3. The predicted octanol–water partition coefficient (Wildman–Crippen LogP) is 2.29. The van der Waals surface area contributed by atoms with Crippen molar-refractivity contribution in [2.75, 3.05) is 5.73 Å². The lowest BCUT2D eigenvalue weighted by Gasteiger charge is -2.35. The summed E-state index contributed by atoms with van der Waals surface area (Å²) in [7, 11) is 0. The molecule has 0 amide bonds. The molecule has 1 saturated carbocycles. The van der Waals surface area contributed by atoms with E-state index in [1.165, 1.54) is 6.92 Å². The molecule has 1 aliphatic rings. The van der Waals surface area contributed by atoms with Gasteiger partial charge in [0.2, 0.25) is 5.95 Å². The molecular formula is C14H20F3N5O. The van der Waals surface area contributed by atoms with Gasteiger partial charge in [-0.15, -0.1) is 0 Å². The normalized spacial score (nSPS) is 23.3. The van der Waals surface area contributed by atoms with Gasteiger partial charge in [-0.2, -0.15) is 13.2 Å². The van der Waals surface area contributed by atoms with Crippen LogP contribution in [0, 0.1) is 6.92 Å². The quantitative estimate of drug-likeness (QED) is 0.651. The van der Waals surface area contributed by atoms with Gasteiger partial charge in [0, 0.05) is 11.9 Å². The standard InChI is InChI=1S/C14H20F3N5O/c1-7(5-14(15,16)17)21-13(19)23-10-3-9(4-10)11-6-20-12(18)22-8(11)2/h6-7,9-10H,3-5H2,1-2H3,(H2,19,21)(H2,18,20,22)/t7-,9?,10?/m0/s1. The van der Waals surface area contributed by atoms with Crippen LogP contribution in [0.1, 0.15) is 43.4 Å². The van der Waals surface area contributed by atoms with Gasteiger partial charge in [-0.1, -0.05) is 0 Å². The molecule has 1 aromatic heterocycles. The van der Waals surface area contributed by atoms with Gasteiger partial charge in [-0.25, -0.2) is 15.0 Å². The summed E-state index contributed by atoms with van der Waals surface area (Å²) in [6, 6.07) is -1.16. The molecule has 1 aromatic rings. The van der Waals surface area contributed by atoms with Crippen LogP contribution >= 0.6 is 0 Å². The fraction of sp³-hybridized carbons (Fsp3) is 0.643. The van der Waals surface area contributed by atoms with Gasteiger partial charge in [0.25, 0.3) is 6.02 Å². The Morgan fingerprint density at radius 1 is 1.48 bits per heavy atom. The minimum Gasteiger partial charge on any atom is -0.462 e. The molecule has 128 valence electrons. The van der Waals surface area contributed by atoms with Gasteiger partial charge in [0.15, 0.2) is 0 Å². The Bertz CT molecular complexity index is 584. The van der Waals surface area contributed by atoms with Gasteiger partial charge in [-0.05, 0) is 38.2 Å². The van der Waals surface area contributed by atoms with Crippen LogP contribution in [0.3, 0.4) is 0 Å². The number of hydrogen-bond donors (Lipinski definition) is 2. The number of aliphatic imine (C=N–C) groups is 1.